The van der Waals surface area contributed by atoms with Crippen LogP contribution < -0.4 is 0 Å². The first-order valence-corrected chi connectivity index (χ1v) is 8.03. The minimum Gasteiger partial charge on any atom is -0.292 e. The number of hydrogen-bond donors (Lipinski definition) is 0. The average Bonchev–Trinajstić information content (AvgIpc) is 3.03. The van der Waals surface area contributed by atoms with Crippen molar-refractivity contribution in [3.63, 3.8) is 0 Å². The van der Waals surface area contributed by atoms with Crippen molar-refractivity contribution in [1.82, 2.24) is 9.88 Å². The first-order valence-electron chi connectivity index (χ1n) is 8.03. The topological polar surface area (TPSA) is 16.1 Å². The molecule has 0 unspecified atom stereocenters. The summed E-state index contributed by atoms with van der Waals surface area (Å²) in [6.07, 6.45) is 4.56. The summed E-state index contributed by atoms with van der Waals surface area (Å²) in [5.41, 5.74) is 3.83. The summed E-state index contributed by atoms with van der Waals surface area (Å²) >= 11 is 0. The molecule has 0 radical (unpaired) electrons. The number of rotatable bonds is 3. The fourth-order valence-electron chi connectivity index (χ4n) is 3.48. The third kappa shape index (κ3) is 2.62. The highest BCUT2D eigenvalue weighted by atomic mass is 15.2. The normalized spacial score (nSPS) is 18.8. The molecule has 2 heteroatoms. The lowest BCUT2D eigenvalue weighted by atomic mass is 10.0. The van der Waals surface area contributed by atoms with E-state index in [1.165, 1.54) is 35.9 Å². The molecule has 2 aromatic carbocycles. The summed E-state index contributed by atoms with van der Waals surface area (Å²) in [6, 6.07) is 21.9. The van der Waals surface area contributed by atoms with Crippen molar-refractivity contribution in [2.75, 3.05) is 6.54 Å². The smallest absolute Gasteiger partial charge is 0.0702 e. The Morgan fingerprint density at radius 1 is 1.00 bits per heavy atom. The third-order valence-corrected chi connectivity index (χ3v) is 4.59. The van der Waals surface area contributed by atoms with E-state index < -0.39 is 0 Å². The zero-order chi connectivity index (χ0) is 14.8. The number of nitrogens with zero attached hydrogens (tertiary/aromatic N) is 2. The number of benzene rings is 2. The van der Waals surface area contributed by atoms with Gasteiger partial charge in [-0.15, -0.1) is 0 Å². The Morgan fingerprint density at radius 2 is 1.82 bits per heavy atom. The van der Waals surface area contributed by atoms with Crippen LogP contribution in [0.4, 0.5) is 0 Å². The summed E-state index contributed by atoms with van der Waals surface area (Å²) in [7, 11) is 0. The highest BCUT2D eigenvalue weighted by Crippen LogP contribution is 2.33. The maximum absolute atomic E-state index is 4.64. The zero-order valence-electron chi connectivity index (χ0n) is 12.7. The van der Waals surface area contributed by atoms with Gasteiger partial charge < -0.3 is 0 Å². The van der Waals surface area contributed by atoms with Gasteiger partial charge in [0.15, 0.2) is 0 Å². The van der Waals surface area contributed by atoms with Crippen molar-refractivity contribution in [3.05, 3.63) is 78.0 Å². The molecule has 1 aliphatic rings. The van der Waals surface area contributed by atoms with Crippen LogP contribution in [0.1, 0.15) is 30.0 Å². The van der Waals surface area contributed by atoms with Crippen LogP contribution in [0.2, 0.25) is 0 Å². The number of para-hydroxylation sites is 1. The quantitative estimate of drug-likeness (QED) is 0.701. The summed E-state index contributed by atoms with van der Waals surface area (Å²) in [6.45, 7) is 2.20. The number of fused-ring (bicyclic) bond motifs is 1. The zero-order valence-corrected chi connectivity index (χ0v) is 12.7. The maximum atomic E-state index is 4.64. The van der Waals surface area contributed by atoms with Crippen molar-refractivity contribution in [3.8, 4) is 0 Å². The predicted octanol–water partition coefficient (Wildman–Crippen LogP) is 4.57. The van der Waals surface area contributed by atoms with Gasteiger partial charge in [0, 0.05) is 24.2 Å². The van der Waals surface area contributed by atoms with Gasteiger partial charge in [-0.25, -0.2) is 0 Å². The molecule has 4 rings (SSSR count). The van der Waals surface area contributed by atoms with Gasteiger partial charge in [0.05, 0.1) is 5.52 Å². The lowest BCUT2D eigenvalue weighted by Crippen LogP contribution is -2.22. The molecule has 22 heavy (non-hydrogen) atoms. The Kier molecular flexibility index (Phi) is 3.61. The number of likely N-dealkylation sites (tertiary alicyclic amines) is 1. The van der Waals surface area contributed by atoms with E-state index in [-0.39, 0.29) is 0 Å². The molecule has 110 valence electrons. The molecule has 0 amide bonds. The molecule has 0 spiro atoms. The monoisotopic (exact) mass is 288 g/mol. The largest absolute Gasteiger partial charge is 0.292 e. The molecule has 1 aliphatic heterocycles. The van der Waals surface area contributed by atoms with Gasteiger partial charge in [0.2, 0.25) is 0 Å². The molecule has 2 heterocycles. The predicted molar refractivity (Wildman–Crippen MR) is 90.6 cm³/mol. The molecule has 1 fully saturated rings. The van der Waals surface area contributed by atoms with Gasteiger partial charge in [0.1, 0.15) is 0 Å². The molecule has 3 aromatic rings. The second-order valence-electron chi connectivity index (χ2n) is 6.08. The van der Waals surface area contributed by atoms with Gasteiger partial charge in [-0.05, 0) is 42.6 Å². The molecule has 1 aromatic heterocycles. The average molecular weight is 288 g/mol. The van der Waals surface area contributed by atoms with E-state index in [9.17, 15) is 0 Å². The Labute approximate surface area is 131 Å². The van der Waals surface area contributed by atoms with Crippen LogP contribution in [0.25, 0.3) is 10.9 Å². The number of hydrogen-bond acceptors (Lipinski definition) is 2. The van der Waals surface area contributed by atoms with E-state index in [1.807, 2.05) is 6.07 Å². The summed E-state index contributed by atoms with van der Waals surface area (Å²) < 4.78 is 0. The Hall–Kier alpha value is -2.19. The maximum Gasteiger partial charge on any atom is 0.0702 e. The fourth-order valence-corrected chi connectivity index (χ4v) is 3.48. The first-order chi connectivity index (χ1) is 10.9. The fraction of sp³-hybridized carbons (Fsp3) is 0.250. The van der Waals surface area contributed by atoms with Crippen LogP contribution >= 0.6 is 0 Å². The van der Waals surface area contributed by atoms with Crippen LogP contribution in [-0.2, 0) is 6.54 Å². The van der Waals surface area contributed by atoms with Crippen LogP contribution in [-0.4, -0.2) is 16.4 Å². The molecule has 0 N–H and O–H groups in total. The lowest BCUT2D eigenvalue weighted by Gasteiger charge is -2.25. The Bertz CT molecular complexity index is 767. The molecule has 2 nitrogen and oxygen atoms in total. The lowest BCUT2D eigenvalue weighted by molar-refractivity contribution is 0.248. The Balaban J connectivity index is 1.61. The van der Waals surface area contributed by atoms with Crippen molar-refractivity contribution in [1.29, 1.82) is 0 Å². The van der Waals surface area contributed by atoms with Gasteiger partial charge in [-0.1, -0.05) is 48.5 Å². The van der Waals surface area contributed by atoms with Gasteiger partial charge in [0.25, 0.3) is 0 Å². The summed E-state index contributed by atoms with van der Waals surface area (Å²) in [5.74, 6) is 0. The van der Waals surface area contributed by atoms with Crippen molar-refractivity contribution in [2.45, 2.75) is 25.4 Å². The van der Waals surface area contributed by atoms with Crippen molar-refractivity contribution >= 4 is 10.9 Å². The van der Waals surface area contributed by atoms with Crippen LogP contribution in [0.5, 0.6) is 0 Å². The minimum absolute atomic E-state index is 0.498. The van der Waals surface area contributed by atoms with E-state index >= 15 is 0 Å². The standard InChI is InChI=1S/C20H20N2/c1-2-7-16(8-3-1)15-22-12-6-11-20(22)18-13-17-9-4-5-10-19(17)21-14-18/h1-5,7-10,13-14,20H,6,11-12,15H2/t20-/m1/s1. The van der Waals surface area contributed by atoms with Gasteiger partial charge >= 0.3 is 0 Å². The summed E-state index contributed by atoms with van der Waals surface area (Å²) in [5, 5.41) is 1.24. The van der Waals surface area contributed by atoms with E-state index in [2.05, 4.69) is 70.7 Å². The summed E-state index contributed by atoms with van der Waals surface area (Å²) in [4.78, 5) is 7.23. The van der Waals surface area contributed by atoms with Crippen LogP contribution in [0, 0.1) is 0 Å². The second kappa shape index (κ2) is 5.90. The van der Waals surface area contributed by atoms with E-state index in [0.717, 1.165) is 12.1 Å². The van der Waals surface area contributed by atoms with E-state index in [4.69, 9.17) is 0 Å². The van der Waals surface area contributed by atoms with E-state index in [1.54, 1.807) is 0 Å². The highest BCUT2D eigenvalue weighted by Gasteiger charge is 2.26. The molecule has 0 aliphatic carbocycles. The SMILES string of the molecule is c1ccc(CN2CCC[C@@H]2c2cnc3ccccc3c2)cc1. The molecule has 1 atom stereocenters. The van der Waals surface area contributed by atoms with Crippen LogP contribution in [0.3, 0.4) is 0 Å². The second-order valence-corrected chi connectivity index (χ2v) is 6.08. The molecular weight excluding hydrogens is 268 g/mol. The van der Waals surface area contributed by atoms with E-state index in [0.29, 0.717) is 6.04 Å². The minimum atomic E-state index is 0.498. The molecule has 0 saturated carbocycles. The molecular formula is C20H20N2. The van der Waals surface area contributed by atoms with Gasteiger partial charge in [-0.2, -0.15) is 0 Å². The van der Waals surface area contributed by atoms with Crippen LogP contribution in [0.15, 0.2) is 66.9 Å². The highest BCUT2D eigenvalue weighted by molar-refractivity contribution is 5.78. The van der Waals surface area contributed by atoms with Gasteiger partial charge in [-0.3, -0.25) is 9.88 Å². The number of aromatic nitrogens is 1. The Morgan fingerprint density at radius 3 is 2.73 bits per heavy atom. The molecule has 0 bridgehead atoms. The third-order valence-electron chi connectivity index (χ3n) is 4.59. The number of pyridine rings is 1. The first kappa shape index (κ1) is 13.5. The molecule has 1 saturated heterocycles. The van der Waals surface area contributed by atoms with Crippen molar-refractivity contribution < 1.29 is 0 Å². The van der Waals surface area contributed by atoms with Crippen molar-refractivity contribution in [2.24, 2.45) is 0 Å².